The van der Waals surface area contributed by atoms with E-state index in [1.54, 1.807) is 4.57 Å². The molecular weight excluding hydrogens is 216 g/mol. The number of rotatable bonds is 3. The number of nitrogens with two attached hydrogens (primary N) is 1. The standard InChI is InChI=1S/C9H8N2OS2/c10-9-11(3-5-14-9)6-7(12)8-2-1-4-13-8/h1-5,10H,6H2/p+1. The zero-order valence-electron chi connectivity index (χ0n) is 7.34. The van der Waals surface area contributed by atoms with Gasteiger partial charge in [0, 0.05) is 5.38 Å². The van der Waals surface area contributed by atoms with Crippen LogP contribution < -0.4 is 10.3 Å². The lowest BCUT2D eigenvalue weighted by Crippen LogP contribution is -2.37. The van der Waals surface area contributed by atoms with Crippen molar-refractivity contribution >= 4 is 33.6 Å². The zero-order chi connectivity index (χ0) is 9.97. The van der Waals surface area contributed by atoms with Gasteiger partial charge < -0.3 is 0 Å². The Balaban J connectivity index is 2.13. The molecule has 0 aliphatic heterocycles. The van der Waals surface area contributed by atoms with E-state index >= 15 is 0 Å². The predicted molar refractivity (Wildman–Crippen MR) is 57.6 cm³/mol. The summed E-state index contributed by atoms with van der Waals surface area (Å²) in [6.45, 7) is 0.329. The number of anilines is 1. The molecule has 0 atom stereocenters. The minimum absolute atomic E-state index is 0.107. The molecule has 2 N–H and O–H groups in total. The summed E-state index contributed by atoms with van der Waals surface area (Å²) < 4.78 is 1.76. The Morgan fingerprint density at radius 1 is 1.43 bits per heavy atom. The molecule has 2 rings (SSSR count). The summed E-state index contributed by atoms with van der Waals surface area (Å²) in [5.74, 6) is 0.107. The van der Waals surface area contributed by atoms with Gasteiger partial charge in [0.25, 0.3) is 0 Å². The van der Waals surface area contributed by atoms with Gasteiger partial charge in [0.2, 0.25) is 5.78 Å². The fourth-order valence-corrected chi connectivity index (χ4v) is 2.38. The smallest absolute Gasteiger partial charge is 0.289 e. The number of carbonyl (C=O) groups excluding carboxylic acids is 1. The van der Waals surface area contributed by atoms with Crippen LogP contribution in [-0.4, -0.2) is 5.78 Å². The first-order valence-electron chi connectivity index (χ1n) is 4.06. The minimum atomic E-state index is 0.107. The van der Waals surface area contributed by atoms with Gasteiger partial charge >= 0.3 is 5.13 Å². The number of nitrogens with zero attached hydrogens (tertiary/aromatic N) is 1. The van der Waals surface area contributed by atoms with Crippen LogP contribution in [0.25, 0.3) is 0 Å². The van der Waals surface area contributed by atoms with Gasteiger partial charge in [0.1, 0.15) is 6.20 Å². The summed E-state index contributed by atoms with van der Waals surface area (Å²) in [6.07, 6.45) is 1.82. The van der Waals surface area contributed by atoms with Crippen molar-refractivity contribution in [3.8, 4) is 0 Å². The molecule has 0 saturated carbocycles. The van der Waals surface area contributed by atoms with Gasteiger partial charge in [-0.2, -0.15) is 0 Å². The molecule has 72 valence electrons. The number of ketones is 1. The van der Waals surface area contributed by atoms with E-state index in [1.807, 2.05) is 29.1 Å². The fourth-order valence-electron chi connectivity index (χ4n) is 1.12. The van der Waals surface area contributed by atoms with E-state index in [4.69, 9.17) is 5.73 Å². The monoisotopic (exact) mass is 225 g/mol. The van der Waals surface area contributed by atoms with E-state index in [0.717, 1.165) is 4.88 Å². The molecule has 0 aromatic carbocycles. The molecule has 0 radical (unpaired) electrons. The summed E-state index contributed by atoms with van der Waals surface area (Å²) in [6, 6.07) is 3.70. The highest BCUT2D eigenvalue weighted by atomic mass is 32.1. The van der Waals surface area contributed by atoms with Gasteiger partial charge in [0.05, 0.1) is 4.88 Å². The lowest BCUT2D eigenvalue weighted by Gasteiger charge is -1.95. The second kappa shape index (κ2) is 3.89. The minimum Gasteiger partial charge on any atom is -0.289 e. The second-order valence-corrected chi connectivity index (χ2v) is 4.64. The van der Waals surface area contributed by atoms with Gasteiger partial charge in [-0.15, -0.1) is 11.3 Å². The first kappa shape index (κ1) is 9.36. The van der Waals surface area contributed by atoms with Crippen LogP contribution >= 0.6 is 22.7 Å². The lowest BCUT2D eigenvalue weighted by atomic mass is 10.3. The number of thiazole rings is 1. The first-order chi connectivity index (χ1) is 6.77. The number of hydrogen-bond donors (Lipinski definition) is 1. The third-order valence-electron chi connectivity index (χ3n) is 1.82. The van der Waals surface area contributed by atoms with Crippen LogP contribution in [0.1, 0.15) is 9.67 Å². The van der Waals surface area contributed by atoms with Gasteiger partial charge in [-0.3, -0.25) is 10.5 Å². The van der Waals surface area contributed by atoms with E-state index in [0.29, 0.717) is 11.7 Å². The molecular formula is C9H9N2OS2+. The second-order valence-electron chi connectivity index (χ2n) is 2.77. The quantitative estimate of drug-likeness (QED) is 0.636. The van der Waals surface area contributed by atoms with Crippen molar-refractivity contribution in [2.45, 2.75) is 6.54 Å². The van der Waals surface area contributed by atoms with Crippen LogP contribution in [0.4, 0.5) is 5.13 Å². The van der Waals surface area contributed by atoms with Gasteiger partial charge in [0.15, 0.2) is 6.54 Å². The van der Waals surface area contributed by atoms with Crippen LogP contribution in [0.2, 0.25) is 0 Å². The van der Waals surface area contributed by atoms with Crippen LogP contribution in [-0.2, 0) is 6.54 Å². The van der Waals surface area contributed by atoms with Gasteiger partial charge in [-0.25, -0.2) is 4.57 Å². The molecule has 2 aromatic heterocycles. The van der Waals surface area contributed by atoms with Crippen LogP contribution in [0.3, 0.4) is 0 Å². The molecule has 0 aliphatic rings. The average Bonchev–Trinajstić information content (AvgIpc) is 2.77. The Morgan fingerprint density at radius 2 is 2.29 bits per heavy atom. The molecule has 5 heteroatoms. The number of carbonyl (C=O) groups is 1. The Morgan fingerprint density at radius 3 is 2.86 bits per heavy atom. The van der Waals surface area contributed by atoms with Crippen molar-refractivity contribution in [2.75, 3.05) is 5.73 Å². The fraction of sp³-hybridized carbons (Fsp3) is 0.111. The van der Waals surface area contributed by atoms with Crippen molar-refractivity contribution in [1.82, 2.24) is 0 Å². The highest BCUT2D eigenvalue weighted by Crippen LogP contribution is 2.10. The van der Waals surface area contributed by atoms with E-state index in [-0.39, 0.29) is 5.78 Å². The van der Waals surface area contributed by atoms with Gasteiger partial charge in [-0.05, 0) is 11.4 Å². The van der Waals surface area contributed by atoms with Crippen molar-refractivity contribution < 1.29 is 9.36 Å². The maximum Gasteiger partial charge on any atom is 0.332 e. The number of hydrogen-bond acceptors (Lipinski definition) is 4. The Hall–Kier alpha value is -1.20. The van der Waals surface area contributed by atoms with Gasteiger partial charge in [-0.1, -0.05) is 17.4 Å². The summed E-state index contributed by atoms with van der Waals surface area (Å²) >= 11 is 2.89. The first-order valence-corrected chi connectivity index (χ1v) is 5.82. The largest absolute Gasteiger partial charge is 0.332 e. The topological polar surface area (TPSA) is 47.0 Å². The summed E-state index contributed by atoms with van der Waals surface area (Å²) in [7, 11) is 0. The molecule has 0 aliphatic carbocycles. The molecule has 2 heterocycles. The molecule has 0 amide bonds. The zero-order valence-corrected chi connectivity index (χ0v) is 8.98. The maximum absolute atomic E-state index is 11.7. The summed E-state index contributed by atoms with van der Waals surface area (Å²) in [5, 5.41) is 4.43. The van der Waals surface area contributed by atoms with E-state index in [9.17, 15) is 4.79 Å². The van der Waals surface area contributed by atoms with Crippen molar-refractivity contribution in [1.29, 1.82) is 0 Å². The van der Waals surface area contributed by atoms with E-state index in [2.05, 4.69) is 0 Å². The maximum atomic E-state index is 11.7. The third-order valence-corrected chi connectivity index (χ3v) is 3.47. The average molecular weight is 225 g/mol. The normalized spacial score (nSPS) is 10.3. The molecule has 0 spiro atoms. The van der Waals surface area contributed by atoms with Crippen molar-refractivity contribution in [2.24, 2.45) is 0 Å². The van der Waals surface area contributed by atoms with Crippen molar-refractivity contribution in [3.05, 3.63) is 34.0 Å². The summed E-state index contributed by atoms with van der Waals surface area (Å²) in [4.78, 5) is 12.4. The van der Waals surface area contributed by atoms with E-state index in [1.165, 1.54) is 22.7 Å². The van der Waals surface area contributed by atoms with Crippen LogP contribution in [0.5, 0.6) is 0 Å². The highest BCUT2D eigenvalue weighted by molar-refractivity contribution is 7.13. The Bertz CT molecular complexity index is 433. The molecule has 3 nitrogen and oxygen atoms in total. The number of thiophene rings is 1. The lowest BCUT2D eigenvalue weighted by molar-refractivity contribution is -0.664. The SMILES string of the molecule is Nc1scc[n+]1CC(=O)c1cccs1. The van der Waals surface area contributed by atoms with Crippen molar-refractivity contribution in [3.63, 3.8) is 0 Å². The molecule has 2 aromatic rings. The molecule has 0 fully saturated rings. The van der Waals surface area contributed by atoms with Crippen LogP contribution in [0.15, 0.2) is 29.1 Å². The van der Waals surface area contributed by atoms with E-state index < -0.39 is 0 Å². The molecule has 14 heavy (non-hydrogen) atoms. The molecule has 0 saturated heterocycles. The number of Topliss-reactive ketones (excluding diaryl/α,β-unsaturated/α-hetero) is 1. The Kier molecular flexibility index (Phi) is 2.60. The molecule has 0 bridgehead atoms. The van der Waals surface area contributed by atoms with Crippen LogP contribution in [0, 0.1) is 0 Å². The number of aromatic nitrogens is 1. The number of nitrogen functional groups attached to an aromatic ring is 1. The predicted octanol–water partition coefficient (Wildman–Crippen LogP) is 1.56. The highest BCUT2D eigenvalue weighted by Gasteiger charge is 2.13. The Labute approximate surface area is 89.4 Å². The summed E-state index contributed by atoms with van der Waals surface area (Å²) in [5.41, 5.74) is 5.67. The third kappa shape index (κ3) is 1.83. The molecule has 0 unspecified atom stereocenters.